The van der Waals surface area contributed by atoms with Crippen LogP contribution >= 0.6 is 11.6 Å². The summed E-state index contributed by atoms with van der Waals surface area (Å²) in [4.78, 5) is 22.2. The number of ether oxygens (including phenoxy) is 1. The molecule has 0 saturated carbocycles. The molecule has 21 heavy (non-hydrogen) atoms. The number of carbonyl (C=O) groups is 1. The lowest BCUT2D eigenvalue weighted by atomic mass is 10.1. The van der Waals surface area contributed by atoms with Crippen LogP contribution in [0.3, 0.4) is 0 Å². The Morgan fingerprint density at radius 2 is 2.29 bits per heavy atom. The monoisotopic (exact) mass is 312 g/mol. The van der Waals surface area contributed by atoms with Crippen LogP contribution in [0.1, 0.15) is 36.0 Å². The molecular formula is C14H17ClN2O4. The fourth-order valence-corrected chi connectivity index (χ4v) is 2.59. The van der Waals surface area contributed by atoms with Gasteiger partial charge >= 0.3 is 0 Å². The predicted molar refractivity (Wildman–Crippen MR) is 78.6 cm³/mol. The number of amides is 1. The molecule has 6 nitrogen and oxygen atoms in total. The van der Waals surface area contributed by atoms with E-state index in [0.29, 0.717) is 6.54 Å². The van der Waals surface area contributed by atoms with Gasteiger partial charge in [0, 0.05) is 19.2 Å². The summed E-state index contributed by atoms with van der Waals surface area (Å²) < 4.78 is 5.57. The van der Waals surface area contributed by atoms with Crippen LogP contribution < -0.4 is 5.32 Å². The number of nitrogens with one attached hydrogen (secondary N) is 1. The molecule has 1 aliphatic heterocycles. The summed E-state index contributed by atoms with van der Waals surface area (Å²) in [5.41, 5.74) is -0.143. The average molecular weight is 313 g/mol. The molecule has 0 radical (unpaired) electrons. The number of benzene rings is 1. The highest BCUT2D eigenvalue weighted by Crippen LogP contribution is 2.27. The fraction of sp³-hybridized carbons (Fsp3) is 0.500. The molecule has 1 aromatic carbocycles. The number of hydrogen-bond donors (Lipinski definition) is 1. The van der Waals surface area contributed by atoms with Gasteiger partial charge in [0.25, 0.3) is 11.6 Å². The second kappa shape index (κ2) is 7.38. The van der Waals surface area contributed by atoms with Crippen LogP contribution in [0.4, 0.5) is 5.69 Å². The van der Waals surface area contributed by atoms with Gasteiger partial charge in [0.2, 0.25) is 0 Å². The van der Waals surface area contributed by atoms with Crippen molar-refractivity contribution in [2.75, 3.05) is 13.2 Å². The summed E-state index contributed by atoms with van der Waals surface area (Å²) in [5, 5.41) is 13.4. The number of nitro benzene ring substituents is 1. The first-order valence-corrected chi connectivity index (χ1v) is 7.30. The van der Waals surface area contributed by atoms with Crippen LogP contribution in [0, 0.1) is 10.1 Å². The number of rotatable bonds is 5. The molecule has 7 heteroatoms. The van der Waals surface area contributed by atoms with E-state index in [1.807, 2.05) is 0 Å². The van der Waals surface area contributed by atoms with E-state index in [0.717, 1.165) is 32.3 Å². The van der Waals surface area contributed by atoms with Crippen molar-refractivity contribution in [2.45, 2.75) is 31.8 Å². The summed E-state index contributed by atoms with van der Waals surface area (Å²) in [7, 11) is 0. The molecule has 1 unspecified atom stereocenters. The van der Waals surface area contributed by atoms with Crippen molar-refractivity contribution in [3.63, 3.8) is 0 Å². The summed E-state index contributed by atoms with van der Waals surface area (Å²) in [5.74, 6) is -0.403. The largest absolute Gasteiger partial charge is 0.378 e. The molecule has 0 bridgehead atoms. The topological polar surface area (TPSA) is 81.5 Å². The first-order chi connectivity index (χ1) is 10.1. The normalized spacial score (nSPS) is 18.2. The predicted octanol–water partition coefficient (Wildman–Crippen LogP) is 2.94. The lowest BCUT2D eigenvalue weighted by Crippen LogP contribution is -2.29. The standard InChI is InChI=1S/C14H17ClN2O4/c15-13-11(5-3-6-12(13)17(19)20)14(18)16-8-7-10-4-1-2-9-21-10/h3,5-6,10H,1-2,4,7-9H2,(H,16,18). The van der Waals surface area contributed by atoms with Crippen molar-refractivity contribution in [1.29, 1.82) is 0 Å². The van der Waals surface area contributed by atoms with Gasteiger partial charge in [-0.15, -0.1) is 0 Å². The maximum absolute atomic E-state index is 12.0. The van der Waals surface area contributed by atoms with Gasteiger partial charge in [0.15, 0.2) is 0 Å². The van der Waals surface area contributed by atoms with Crippen LogP contribution in [0.15, 0.2) is 18.2 Å². The zero-order valence-corrected chi connectivity index (χ0v) is 12.3. The van der Waals surface area contributed by atoms with Gasteiger partial charge in [-0.05, 0) is 31.7 Å². The summed E-state index contributed by atoms with van der Waals surface area (Å²) in [6.07, 6.45) is 4.16. The van der Waals surface area contributed by atoms with Crippen LogP contribution in [0.5, 0.6) is 0 Å². The van der Waals surface area contributed by atoms with E-state index in [4.69, 9.17) is 16.3 Å². The van der Waals surface area contributed by atoms with E-state index in [9.17, 15) is 14.9 Å². The van der Waals surface area contributed by atoms with Crippen molar-refractivity contribution in [1.82, 2.24) is 5.32 Å². The zero-order valence-electron chi connectivity index (χ0n) is 11.5. The highest BCUT2D eigenvalue weighted by molar-refractivity contribution is 6.35. The van der Waals surface area contributed by atoms with E-state index >= 15 is 0 Å². The Kier molecular flexibility index (Phi) is 5.52. The van der Waals surface area contributed by atoms with Gasteiger partial charge in [0.05, 0.1) is 16.6 Å². The second-order valence-corrected chi connectivity index (χ2v) is 5.31. The number of hydrogen-bond acceptors (Lipinski definition) is 4. The Morgan fingerprint density at radius 1 is 1.48 bits per heavy atom. The minimum absolute atomic E-state index is 0.121. The Morgan fingerprint density at radius 3 is 2.95 bits per heavy atom. The summed E-state index contributed by atoms with van der Waals surface area (Å²) >= 11 is 5.90. The minimum atomic E-state index is -0.602. The van der Waals surface area contributed by atoms with Gasteiger partial charge < -0.3 is 10.1 Å². The third-order valence-electron chi connectivity index (χ3n) is 3.45. The van der Waals surface area contributed by atoms with Crippen molar-refractivity contribution in [3.8, 4) is 0 Å². The van der Waals surface area contributed by atoms with E-state index in [1.165, 1.54) is 18.2 Å². The third kappa shape index (κ3) is 4.15. The van der Waals surface area contributed by atoms with E-state index in [-0.39, 0.29) is 22.4 Å². The molecule has 1 atom stereocenters. The van der Waals surface area contributed by atoms with Crippen LogP contribution in [-0.4, -0.2) is 30.1 Å². The summed E-state index contributed by atoms with van der Waals surface area (Å²) in [6, 6.07) is 4.19. The van der Waals surface area contributed by atoms with Gasteiger partial charge in [-0.3, -0.25) is 14.9 Å². The van der Waals surface area contributed by atoms with E-state index < -0.39 is 10.8 Å². The van der Waals surface area contributed by atoms with Crippen molar-refractivity contribution in [2.24, 2.45) is 0 Å². The number of halogens is 1. The number of carbonyl (C=O) groups excluding carboxylic acids is 1. The van der Waals surface area contributed by atoms with Crippen molar-refractivity contribution >= 4 is 23.2 Å². The molecule has 1 fully saturated rings. The van der Waals surface area contributed by atoms with Gasteiger partial charge in [-0.25, -0.2) is 0 Å². The maximum atomic E-state index is 12.0. The van der Waals surface area contributed by atoms with Gasteiger partial charge in [-0.2, -0.15) is 0 Å². The first-order valence-electron chi connectivity index (χ1n) is 6.92. The molecule has 1 heterocycles. The Bertz CT molecular complexity index is 530. The lowest BCUT2D eigenvalue weighted by Gasteiger charge is -2.22. The molecule has 0 spiro atoms. The Balaban J connectivity index is 1.91. The molecule has 1 N–H and O–H groups in total. The quantitative estimate of drug-likeness (QED) is 0.669. The van der Waals surface area contributed by atoms with Crippen LogP contribution in [-0.2, 0) is 4.74 Å². The first kappa shape index (κ1) is 15.7. The average Bonchev–Trinajstić information content (AvgIpc) is 2.48. The lowest BCUT2D eigenvalue weighted by molar-refractivity contribution is -0.384. The van der Waals surface area contributed by atoms with Crippen molar-refractivity contribution in [3.05, 3.63) is 38.9 Å². The third-order valence-corrected chi connectivity index (χ3v) is 3.84. The molecular weight excluding hydrogens is 296 g/mol. The molecule has 2 rings (SSSR count). The Labute approximate surface area is 127 Å². The summed E-state index contributed by atoms with van der Waals surface area (Å²) in [6.45, 7) is 1.23. The Hall–Kier alpha value is -1.66. The van der Waals surface area contributed by atoms with Gasteiger partial charge in [0.1, 0.15) is 5.02 Å². The highest BCUT2D eigenvalue weighted by Gasteiger charge is 2.20. The van der Waals surface area contributed by atoms with E-state index in [1.54, 1.807) is 0 Å². The molecule has 1 saturated heterocycles. The smallest absolute Gasteiger partial charge is 0.288 e. The molecule has 1 aliphatic rings. The number of nitro groups is 1. The maximum Gasteiger partial charge on any atom is 0.288 e. The molecule has 0 aliphatic carbocycles. The SMILES string of the molecule is O=C(NCCC1CCCCO1)c1cccc([N+](=O)[O-])c1Cl. The van der Waals surface area contributed by atoms with Gasteiger partial charge in [-0.1, -0.05) is 17.7 Å². The fourth-order valence-electron chi connectivity index (χ4n) is 2.31. The van der Waals surface area contributed by atoms with E-state index in [2.05, 4.69) is 5.32 Å². The molecule has 0 aromatic heterocycles. The second-order valence-electron chi connectivity index (χ2n) is 4.93. The zero-order chi connectivity index (χ0) is 15.2. The van der Waals surface area contributed by atoms with Crippen LogP contribution in [0.25, 0.3) is 0 Å². The molecule has 1 amide bonds. The molecule has 1 aromatic rings. The minimum Gasteiger partial charge on any atom is -0.378 e. The molecule has 114 valence electrons. The van der Waals surface area contributed by atoms with Crippen LogP contribution in [0.2, 0.25) is 5.02 Å². The van der Waals surface area contributed by atoms with Crippen molar-refractivity contribution < 1.29 is 14.5 Å². The number of nitrogens with zero attached hydrogens (tertiary/aromatic N) is 1. The highest BCUT2D eigenvalue weighted by atomic mass is 35.5.